The lowest BCUT2D eigenvalue weighted by Crippen LogP contribution is -2.45. The molecule has 0 aliphatic heterocycles. The van der Waals surface area contributed by atoms with E-state index < -0.39 is 0 Å². The molecule has 1 aliphatic rings. The fraction of sp³-hybridized carbons (Fsp3) is 0.714. The van der Waals surface area contributed by atoms with Gasteiger partial charge >= 0.3 is 0 Å². The Labute approximate surface area is 114 Å². The summed E-state index contributed by atoms with van der Waals surface area (Å²) in [6, 6.07) is -0.0247. The summed E-state index contributed by atoms with van der Waals surface area (Å²) in [6.07, 6.45) is 6.58. The van der Waals surface area contributed by atoms with Crippen molar-refractivity contribution in [3.8, 4) is 0 Å². The van der Waals surface area contributed by atoms with Gasteiger partial charge in [0.15, 0.2) is 0 Å². The van der Waals surface area contributed by atoms with Gasteiger partial charge in [0.2, 0.25) is 5.91 Å². The highest BCUT2D eigenvalue weighted by molar-refractivity contribution is 5.82. The van der Waals surface area contributed by atoms with E-state index in [0.717, 1.165) is 25.1 Å². The van der Waals surface area contributed by atoms with Crippen LogP contribution in [0.4, 0.5) is 0 Å². The first kappa shape index (κ1) is 14.1. The number of hydrogen-bond donors (Lipinski definition) is 1. The molecule has 1 heterocycles. The second kappa shape index (κ2) is 5.74. The molecule has 19 heavy (non-hydrogen) atoms. The number of carbonyl (C=O) groups excluding carboxylic acids is 1. The standard InChI is InChI=1S/C14H24N4O/c1-10(2)8-12(15)14(19)18(11-4-5-11)9-13-16-6-7-17(13)3/h6-7,10-12H,4-5,8-9,15H2,1-3H3/t12-/m1/s1. The van der Waals surface area contributed by atoms with E-state index in [2.05, 4.69) is 18.8 Å². The number of nitrogens with zero attached hydrogens (tertiary/aromatic N) is 3. The summed E-state index contributed by atoms with van der Waals surface area (Å²) in [5, 5.41) is 0. The van der Waals surface area contributed by atoms with Gasteiger partial charge in [-0.25, -0.2) is 4.98 Å². The van der Waals surface area contributed by atoms with Crippen LogP contribution in [-0.2, 0) is 18.4 Å². The Hall–Kier alpha value is -1.36. The first-order valence-electron chi connectivity index (χ1n) is 7.01. The van der Waals surface area contributed by atoms with Gasteiger partial charge in [0.05, 0.1) is 12.6 Å². The van der Waals surface area contributed by atoms with Crippen molar-refractivity contribution < 1.29 is 4.79 Å². The van der Waals surface area contributed by atoms with Crippen molar-refractivity contribution in [3.63, 3.8) is 0 Å². The van der Waals surface area contributed by atoms with Crippen LogP contribution in [0.15, 0.2) is 12.4 Å². The molecule has 2 N–H and O–H groups in total. The first-order chi connectivity index (χ1) is 8.99. The van der Waals surface area contributed by atoms with Crippen molar-refractivity contribution in [1.82, 2.24) is 14.5 Å². The molecule has 5 nitrogen and oxygen atoms in total. The normalized spacial score (nSPS) is 16.7. The summed E-state index contributed by atoms with van der Waals surface area (Å²) in [7, 11) is 1.95. The number of aromatic nitrogens is 2. The molecule has 2 rings (SSSR count). The molecule has 0 radical (unpaired) electrons. The van der Waals surface area contributed by atoms with Crippen molar-refractivity contribution in [2.75, 3.05) is 0 Å². The number of nitrogens with two attached hydrogens (primary N) is 1. The monoisotopic (exact) mass is 264 g/mol. The highest BCUT2D eigenvalue weighted by Gasteiger charge is 2.35. The average molecular weight is 264 g/mol. The minimum atomic E-state index is -0.388. The molecule has 5 heteroatoms. The maximum Gasteiger partial charge on any atom is 0.240 e. The van der Waals surface area contributed by atoms with Crippen LogP contribution in [0.25, 0.3) is 0 Å². The lowest BCUT2D eigenvalue weighted by atomic mass is 10.0. The molecule has 1 aliphatic carbocycles. The summed E-state index contributed by atoms with van der Waals surface area (Å²) >= 11 is 0. The number of aryl methyl sites for hydroxylation is 1. The van der Waals surface area contributed by atoms with Crippen LogP contribution in [0, 0.1) is 5.92 Å². The smallest absolute Gasteiger partial charge is 0.240 e. The Balaban J connectivity index is 2.03. The maximum atomic E-state index is 12.5. The summed E-state index contributed by atoms with van der Waals surface area (Å²) in [5.41, 5.74) is 6.03. The molecule has 0 spiro atoms. The molecule has 0 saturated heterocycles. The molecule has 0 aromatic carbocycles. The van der Waals surface area contributed by atoms with E-state index in [1.165, 1.54) is 0 Å². The molecule has 1 amide bonds. The van der Waals surface area contributed by atoms with Crippen LogP contribution in [0.5, 0.6) is 0 Å². The van der Waals surface area contributed by atoms with E-state index in [1.807, 2.05) is 22.7 Å². The first-order valence-corrected chi connectivity index (χ1v) is 7.01. The average Bonchev–Trinajstić information content (AvgIpc) is 3.09. The Bertz CT molecular complexity index is 436. The largest absolute Gasteiger partial charge is 0.337 e. The molecular formula is C14H24N4O. The Morgan fingerprint density at radius 1 is 1.58 bits per heavy atom. The molecule has 1 fully saturated rings. The minimum Gasteiger partial charge on any atom is -0.337 e. The minimum absolute atomic E-state index is 0.0687. The van der Waals surface area contributed by atoms with Crippen molar-refractivity contribution in [2.45, 2.75) is 51.7 Å². The van der Waals surface area contributed by atoms with E-state index in [0.29, 0.717) is 18.5 Å². The third-order valence-electron chi connectivity index (χ3n) is 3.55. The quantitative estimate of drug-likeness (QED) is 0.842. The molecule has 1 atom stereocenters. The predicted molar refractivity (Wildman–Crippen MR) is 74.2 cm³/mol. The fourth-order valence-corrected chi connectivity index (χ4v) is 2.30. The van der Waals surface area contributed by atoms with Gasteiger partial charge in [-0.15, -0.1) is 0 Å². The number of carbonyl (C=O) groups is 1. The number of amides is 1. The summed E-state index contributed by atoms with van der Waals surface area (Å²) in [4.78, 5) is 18.7. The van der Waals surface area contributed by atoms with Crippen molar-refractivity contribution in [3.05, 3.63) is 18.2 Å². The van der Waals surface area contributed by atoms with E-state index in [1.54, 1.807) is 6.20 Å². The molecular weight excluding hydrogens is 240 g/mol. The Morgan fingerprint density at radius 3 is 2.74 bits per heavy atom. The second-order valence-corrected chi connectivity index (χ2v) is 5.89. The lowest BCUT2D eigenvalue weighted by Gasteiger charge is -2.26. The van der Waals surface area contributed by atoms with Gasteiger partial charge in [-0.05, 0) is 25.2 Å². The zero-order valence-electron chi connectivity index (χ0n) is 12.0. The van der Waals surface area contributed by atoms with Gasteiger partial charge in [-0.3, -0.25) is 4.79 Å². The molecule has 1 saturated carbocycles. The molecule has 0 unspecified atom stereocenters. The molecule has 106 valence electrons. The van der Waals surface area contributed by atoms with Crippen LogP contribution < -0.4 is 5.73 Å². The van der Waals surface area contributed by atoms with Crippen LogP contribution in [0.1, 0.15) is 38.9 Å². The second-order valence-electron chi connectivity index (χ2n) is 5.89. The highest BCUT2D eigenvalue weighted by atomic mass is 16.2. The van der Waals surface area contributed by atoms with Gasteiger partial charge in [0.25, 0.3) is 0 Å². The summed E-state index contributed by atoms with van der Waals surface area (Å²) < 4.78 is 1.95. The lowest BCUT2D eigenvalue weighted by molar-refractivity contribution is -0.134. The highest BCUT2D eigenvalue weighted by Crippen LogP contribution is 2.29. The summed E-state index contributed by atoms with van der Waals surface area (Å²) in [6.45, 7) is 4.75. The van der Waals surface area contributed by atoms with Gasteiger partial charge < -0.3 is 15.2 Å². The Morgan fingerprint density at radius 2 is 2.26 bits per heavy atom. The van der Waals surface area contributed by atoms with Crippen LogP contribution >= 0.6 is 0 Å². The predicted octanol–water partition coefficient (Wildman–Crippen LogP) is 1.28. The fourth-order valence-electron chi connectivity index (χ4n) is 2.30. The third-order valence-corrected chi connectivity index (χ3v) is 3.55. The van der Waals surface area contributed by atoms with Crippen molar-refractivity contribution in [2.24, 2.45) is 18.7 Å². The van der Waals surface area contributed by atoms with Crippen molar-refractivity contribution in [1.29, 1.82) is 0 Å². The third kappa shape index (κ3) is 3.56. The van der Waals surface area contributed by atoms with E-state index in [9.17, 15) is 4.79 Å². The van der Waals surface area contributed by atoms with Gasteiger partial charge in [-0.1, -0.05) is 13.8 Å². The molecule has 1 aromatic heterocycles. The Kier molecular flexibility index (Phi) is 4.24. The number of imidazole rings is 1. The van der Waals surface area contributed by atoms with Crippen molar-refractivity contribution >= 4 is 5.91 Å². The van der Waals surface area contributed by atoms with Crippen LogP contribution in [0.2, 0.25) is 0 Å². The maximum absolute atomic E-state index is 12.5. The van der Waals surface area contributed by atoms with Gasteiger partial charge in [0, 0.05) is 25.5 Å². The zero-order valence-corrected chi connectivity index (χ0v) is 12.0. The van der Waals surface area contributed by atoms with E-state index in [-0.39, 0.29) is 11.9 Å². The van der Waals surface area contributed by atoms with Gasteiger partial charge in [-0.2, -0.15) is 0 Å². The SMILES string of the molecule is CC(C)C[C@@H](N)C(=O)N(Cc1nccn1C)C1CC1. The number of rotatable bonds is 6. The zero-order chi connectivity index (χ0) is 14.0. The molecule has 1 aromatic rings. The van der Waals surface area contributed by atoms with Crippen LogP contribution in [0.3, 0.4) is 0 Å². The van der Waals surface area contributed by atoms with Gasteiger partial charge in [0.1, 0.15) is 5.82 Å². The van der Waals surface area contributed by atoms with E-state index in [4.69, 9.17) is 5.73 Å². The van der Waals surface area contributed by atoms with Crippen LogP contribution in [-0.4, -0.2) is 32.4 Å². The number of hydrogen-bond acceptors (Lipinski definition) is 3. The topological polar surface area (TPSA) is 64.2 Å². The summed E-state index contributed by atoms with van der Waals surface area (Å²) in [5.74, 6) is 1.42. The van der Waals surface area contributed by atoms with E-state index >= 15 is 0 Å². The molecule has 0 bridgehead atoms.